The Bertz CT molecular complexity index is 611. The monoisotopic (exact) mass is 292 g/mol. The predicted molar refractivity (Wildman–Crippen MR) is 82.4 cm³/mol. The molecule has 0 aliphatic rings. The van der Waals surface area contributed by atoms with Gasteiger partial charge in [-0.25, -0.2) is 9.67 Å². The molecule has 0 saturated heterocycles. The molecule has 0 saturated carbocycles. The number of aromatic nitrogens is 3. The van der Waals surface area contributed by atoms with E-state index in [1.807, 2.05) is 36.7 Å². The lowest BCUT2D eigenvalue weighted by atomic mass is 10.1. The Kier molecular flexibility index (Phi) is 4.16. The van der Waals surface area contributed by atoms with Crippen LogP contribution in [0.15, 0.2) is 18.2 Å². The summed E-state index contributed by atoms with van der Waals surface area (Å²) in [5, 5.41) is 8.64. The fourth-order valence-electron chi connectivity index (χ4n) is 1.99. The highest BCUT2D eigenvalue weighted by atomic mass is 35.5. The van der Waals surface area contributed by atoms with Gasteiger partial charge in [0.25, 0.3) is 0 Å². The Morgan fingerprint density at radius 1 is 1.25 bits per heavy atom. The molecule has 1 aromatic carbocycles. The third-order valence-corrected chi connectivity index (χ3v) is 3.19. The van der Waals surface area contributed by atoms with Crippen molar-refractivity contribution in [2.45, 2.75) is 46.7 Å². The van der Waals surface area contributed by atoms with E-state index in [2.05, 4.69) is 36.2 Å². The second-order valence-corrected chi connectivity index (χ2v) is 6.43. The second kappa shape index (κ2) is 5.54. The van der Waals surface area contributed by atoms with Crippen LogP contribution in [-0.2, 0) is 6.54 Å². The number of hydrogen-bond donors (Lipinski definition) is 1. The Morgan fingerprint density at radius 3 is 2.50 bits per heavy atom. The van der Waals surface area contributed by atoms with Crippen molar-refractivity contribution in [3.63, 3.8) is 0 Å². The number of hydrogen-bond acceptors (Lipinski definition) is 3. The Balaban J connectivity index is 2.41. The summed E-state index contributed by atoms with van der Waals surface area (Å²) in [6.45, 7) is 11.0. The average Bonchev–Trinajstić information content (AvgIpc) is 2.65. The third kappa shape index (κ3) is 3.58. The minimum absolute atomic E-state index is 0.0598. The Hall–Kier alpha value is -1.39. The van der Waals surface area contributed by atoms with Crippen LogP contribution >= 0.6 is 11.6 Å². The van der Waals surface area contributed by atoms with Crippen LogP contribution in [0.1, 0.15) is 38.0 Å². The van der Waals surface area contributed by atoms with Crippen LogP contribution in [0.2, 0.25) is 5.02 Å². The lowest BCUT2D eigenvalue weighted by Gasteiger charge is -2.22. The molecule has 0 aliphatic carbocycles. The highest BCUT2D eigenvalue weighted by molar-refractivity contribution is 6.30. The molecule has 5 heteroatoms. The minimum Gasteiger partial charge on any atom is -0.308 e. The van der Waals surface area contributed by atoms with Crippen molar-refractivity contribution in [2.24, 2.45) is 0 Å². The van der Waals surface area contributed by atoms with Crippen molar-refractivity contribution in [1.29, 1.82) is 0 Å². The standard InChI is InChI=1S/C15H21ClN4/c1-10-18-11(2)20(19-10)14-8-13(16)7-6-12(14)9-17-15(3,4)5/h6-8,17H,9H2,1-5H3. The number of nitrogens with one attached hydrogen (secondary N) is 1. The SMILES string of the molecule is Cc1nc(C)n(-c2cc(Cl)ccc2CNC(C)(C)C)n1. The van der Waals surface area contributed by atoms with E-state index in [9.17, 15) is 0 Å². The fourth-order valence-corrected chi connectivity index (χ4v) is 2.16. The van der Waals surface area contributed by atoms with Gasteiger partial charge in [0.1, 0.15) is 11.6 Å². The van der Waals surface area contributed by atoms with Gasteiger partial charge in [0.15, 0.2) is 0 Å². The molecule has 0 aliphatic heterocycles. The van der Waals surface area contributed by atoms with E-state index in [0.29, 0.717) is 5.02 Å². The molecule has 2 aromatic rings. The van der Waals surface area contributed by atoms with E-state index in [0.717, 1.165) is 29.4 Å². The molecule has 0 bridgehead atoms. The Morgan fingerprint density at radius 2 is 1.95 bits per heavy atom. The summed E-state index contributed by atoms with van der Waals surface area (Å²) in [4.78, 5) is 4.36. The first kappa shape index (κ1) is 15.0. The van der Waals surface area contributed by atoms with Gasteiger partial charge in [0.05, 0.1) is 5.69 Å². The zero-order valence-corrected chi connectivity index (χ0v) is 13.4. The van der Waals surface area contributed by atoms with Crippen molar-refractivity contribution >= 4 is 11.6 Å². The zero-order valence-electron chi connectivity index (χ0n) is 12.7. The van der Waals surface area contributed by atoms with E-state index in [-0.39, 0.29) is 5.54 Å². The van der Waals surface area contributed by atoms with Gasteiger partial charge < -0.3 is 5.32 Å². The molecule has 4 nitrogen and oxygen atoms in total. The summed E-state index contributed by atoms with van der Waals surface area (Å²) in [7, 11) is 0. The molecule has 0 spiro atoms. The summed E-state index contributed by atoms with van der Waals surface area (Å²) >= 11 is 6.13. The van der Waals surface area contributed by atoms with Gasteiger partial charge in [-0.1, -0.05) is 17.7 Å². The maximum atomic E-state index is 6.13. The molecule has 20 heavy (non-hydrogen) atoms. The third-order valence-electron chi connectivity index (χ3n) is 2.96. The van der Waals surface area contributed by atoms with Crippen LogP contribution in [0.25, 0.3) is 5.69 Å². The van der Waals surface area contributed by atoms with Crippen molar-refractivity contribution in [1.82, 2.24) is 20.1 Å². The fraction of sp³-hybridized carbons (Fsp3) is 0.467. The van der Waals surface area contributed by atoms with E-state index in [4.69, 9.17) is 11.6 Å². The molecule has 108 valence electrons. The highest BCUT2D eigenvalue weighted by Crippen LogP contribution is 2.21. The van der Waals surface area contributed by atoms with Gasteiger partial charge in [0, 0.05) is 17.1 Å². The molecular weight excluding hydrogens is 272 g/mol. The quantitative estimate of drug-likeness (QED) is 0.942. The van der Waals surface area contributed by atoms with Crippen LogP contribution in [0, 0.1) is 13.8 Å². The van der Waals surface area contributed by atoms with E-state index < -0.39 is 0 Å². The van der Waals surface area contributed by atoms with E-state index >= 15 is 0 Å². The number of aryl methyl sites for hydroxylation is 2. The van der Waals surface area contributed by atoms with Gasteiger partial charge in [-0.15, -0.1) is 0 Å². The first-order chi connectivity index (χ1) is 9.26. The molecule has 1 aromatic heterocycles. The lowest BCUT2D eigenvalue weighted by Crippen LogP contribution is -2.35. The van der Waals surface area contributed by atoms with Crippen molar-refractivity contribution in [3.05, 3.63) is 40.4 Å². The second-order valence-electron chi connectivity index (χ2n) is 5.99. The van der Waals surface area contributed by atoms with Gasteiger partial charge in [-0.05, 0) is 52.3 Å². The van der Waals surface area contributed by atoms with Crippen LogP contribution in [0.5, 0.6) is 0 Å². The summed E-state index contributed by atoms with van der Waals surface area (Å²) in [5.41, 5.74) is 2.19. The number of nitrogens with zero attached hydrogens (tertiary/aromatic N) is 3. The van der Waals surface area contributed by atoms with E-state index in [1.54, 1.807) is 0 Å². The lowest BCUT2D eigenvalue weighted by molar-refractivity contribution is 0.424. The normalized spacial score (nSPS) is 11.9. The van der Waals surface area contributed by atoms with Crippen LogP contribution in [0.3, 0.4) is 0 Å². The summed E-state index contributed by atoms with van der Waals surface area (Å²) in [5.74, 6) is 1.62. The minimum atomic E-state index is 0.0598. The maximum absolute atomic E-state index is 6.13. The van der Waals surface area contributed by atoms with Crippen LogP contribution in [-0.4, -0.2) is 20.3 Å². The van der Waals surface area contributed by atoms with Crippen LogP contribution in [0.4, 0.5) is 0 Å². The van der Waals surface area contributed by atoms with Crippen molar-refractivity contribution < 1.29 is 0 Å². The van der Waals surface area contributed by atoms with Crippen molar-refractivity contribution in [2.75, 3.05) is 0 Å². The number of halogens is 1. The summed E-state index contributed by atoms with van der Waals surface area (Å²) in [6, 6.07) is 5.87. The maximum Gasteiger partial charge on any atom is 0.148 e. The molecule has 2 rings (SSSR count). The van der Waals surface area contributed by atoms with Crippen LogP contribution < -0.4 is 5.32 Å². The molecule has 0 unspecified atom stereocenters. The number of rotatable bonds is 3. The molecule has 1 N–H and O–H groups in total. The molecule has 0 radical (unpaired) electrons. The van der Waals surface area contributed by atoms with Gasteiger partial charge in [-0.2, -0.15) is 5.10 Å². The smallest absolute Gasteiger partial charge is 0.148 e. The highest BCUT2D eigenvalue weighted by Gasteiger charge is 2.14. The predicted octanol–water partition coefficient (Wildman–Crippen LogP) is 3.43. The first-order valence-corrected chi connectivity index (χ1v) is 7.08. The zero-order chi connectivity index (χ0) is 14.9. The molecule has 1 heterocycles. The molecule has 0 fully saturated rings. The average molecular weight is 293 g/mol. The van der Waals surface area contributed by atoms with Gasteiger partial charge >= 0.3 is 0 Å². The largest absolute Gasteiger partial charge is 0.308 e. The summed E-state index contributed by atoms with van der Waals surface area (Å²) in [6.07, 6.45) is 0. The number of benzene rings is 1. The van der Waals surface area contributed by atoms with Gasteiger partial charge in [0.2, 0.25) is 0 Å². The molecule has 0 atom stereocenters. The summed E-state index contributed by atoms with van der Waals surface area (Å²) < 4.78 is 1.85. The first-order valence-electron chi connectivity index (χ1n) is 6.70. The van der Waals surface area contributed by atoms with Gasteiger partial charge in [-0.3, -0.25) is 0 Å². The Labute approximate surface area is 125 Å². The molecule has 0 amide bonds. The van der Waals surface area contributed by atoms with Crippen molar-refractivity contribution in [3.8, 4) is 5.69 Å². The topological polar surface area (TPSA) is 42.7 Å². The molecular formula is C15H21ClN4. The van der Waals surface area contributed by atoms with E-state index in [1.165, 1.54) is 0 Å².